The van der Waals surface area contributed by atoms with Crippen LogP contribution in [0.4, 0.5) is 4.39 Å². The Balaban J connectivity index is 1.60. The van der Waals surface area contributed by atoms with Crippen LogP contribution >= 0.6 is 0 Å². The first-order chi connectivity index (χ1) is 15.1. The van der Waals surface area contributed by atoms with E-state index in [1.807, 2.05) is 10.9 Å². The van der Waals surface area contributed by atoms with Crippen LogP contribution in [0.25, 0.3) is 16.6 Å². The van der Waals surface area contributed by atoms with Gasteiger partial charge in [0.15, 0.2) is 0 Å². The van der Waals surface area contributed by atoms with E-state index in [1.54, 1.807) is 12.1 Å². The summed E-state index contributed by atoms with van der Waals surface area (Å²) in [4.78, 5) is 2.56. The highest BCUT2D eigenvalue weighted by atomic mass is 19.1. The zero-order valence-electron chi connectivity index (χ0n) is 18.2. The molecule has 0 spiro atoms. The summed E-state index contributed by atoms with van der Waals surface area (Å²) in [7, 11) is 0. The molecule has 0 bridgehead atoms. The van der Waals surface area contributed by atoms with Crippen molar-refractivity contribution >= 4 is 10.9 Å². The normalized spacial score (nSPS) is 19.3. The second-order valence-corrected chi connectivity index (χ2v) is 8.82. The molecular formula is C27H28FN3. The van der Waals surface area contributed by atoms with Crippen molar-refractivity contribution in [3.63, 3.8) is 0 Å². The number of benzene rings is 3. The Morgan fingerprint density at radius 2 is 1.81 bits per heavy atom. The van der Waals surface area contributed by atoms with E-state index in [1.165, 1.54) is 28.8 Å². The number of aryl methyl sites for hydroxylation is 1. The van der Waals surface area contributed by atoms with E-state index in [9.17, 15) is 4.39 Å². The molecule has 0 radical (unpaired) electrons. The lowest BCUT2D eigenvalue weighted by Crippen LogP contribution is -2.34. The van der Waals surface area contributed by atoms with E-state index < -0.39 is 0 Å². The van der Waals surface area contributed by atoms with E-state index in [0.717, 1.165) is 49.1 Å². The Morgan fingerprint density at radius 3 is 2.52 bits per heavy atom. The minimum Gasteiger partial charge on any atom is -0.303 e. The Morgan fingerprint density at radius 1 is 1.03 bits per heavy atom. The average Bonchev–Trinajstić information content (AvgIpc) is 3.39. The van der Waals surface area contributed by atoms with Gasteiger partial charge < -0.3 is 4.90 Å². The maximum absolute atomic E-state index is 13.4. The van der Waals surface area contributed by atoms with Crippen molar-refractivity contribution in [2.75, 3.05) is 19.6 Å². The predicted molar refractivity (Wildman–Crippen MR) is 124 cm³/mol. The van der Waals surface area contributed by atoms with Gasteiger partial charge in [-0.05, 0) is 85.9 Å². The molecule has 1 saturated heterocycles. The second kappa shape index (κ2) is 7.93. The zero-order chi connectivity index (χ0) is 21.4. The van der Waals surface area contributed by atoms with Gasteiger partial charge in [-0.15, -0.1) is 0 Å². The molecule has 4 aromatic rings. The van der Waals surface area contributed by atoms with Gasteiger partial charge in [0.05, 0.1) is 17.4 Å². The summed E-state index contributed by atoms with van der Waals surface area (Å²) >= 11 is 0. The Bertz CT molecular complexity index is 1200. The maximum Gasteiger partial charge on any atom is 0.123 e. The number of rotatable bonds is 5. The molecule has 0 amide bonds. The van der Waals surface area contributed by atoms with Crippen LogP contribution in [0.2, 0.25) is 0 Å². The molecule has 2 heterocycles. The highest BCUT2D eigenvalue weighted by Crippen LogP contribution is 2.41. The molecule has 3 aromatic carbocycles. The van der Waals surface area contributed by atoms with Crippen molar-refractivity contribution in [1.29, 1.82) is 0 Å². The van der Waals surface area contributed by atoms with Crippen molar-refractivity contribution in [1.82, 2.24) is 14.7 Å². The number of likely N-dealkylation sites (tertiary alicyclic amines) is 1. The van der Waals surface area contributed by atoms with Crippen LogP contribution in [0.3, 0.4) is 0 Å². The highest BCUT2D eigenvalue weighted by Gasteiger charge is 2.40. The van der Waals surface area contributed by atoms with E-state index >= 15 is 0 Å². The number of hydrogen-bond acceptors (Lipinski definition) is 2. The van der Waals surface area contributed by atoms with Crippen molar-refractivity contribution in [3.8, 4) is 5.69 Å². The molecular weight excluding hydrogens is 385 g/mol. The van der Waals surface area contributed by atoms with Crippen LogP contribution in [0.1, 0.15) is 30.0 Å². The number of aromatic nitrogens is 2. The van der Waals surface area contributed by atoms with Gasteiger partial charge in [-0.1, -0.05) is 37.3 Å². The van der Waals surface area contributed by atoms with Gasteiger partial charge in [0, 0.05) is 17.3 Å². The summed E-state index contributed by atoms with van der Waals surface area (Å²) in [5.74, 6) is -0.233. The fourth-order valence-electron chi connectivity index (χ4n) is 5.21. The highest BCUT2D eigenvalue weighted by molar-refractivity contribution is 5.82. The molecule has 1 unspecified atom stereocenters. The Labute approximate surface area is 183 Å². The number of fused-ring (bicyclic) bond motifs is 1. The van der Waals surface area contributed by atoms with E-state index in [2.05, 4.69) is 66.3 Å². The molecule has 1 aromatic heterocycles. The number of likely N-dealkylation sites (N-methyl/N-ethyl adjacent to an activating group) is 1. The van der Waals surface area contributed by atoms with Crippen LogP contribution in [0.15, 0.2) is 72.9 Å². The molecule has 1 aliphatic rings. The van der Waals surface area contributed by atoms with Crippen LogP contribution in [-0.2, 0) is 11.8 Å². The molecule has 5 rings (SSSR count). The molecule has 3 nitrogen and oxygen atoms in total. The van der Waals surface area contributed by atoms with Gasteiger partial charge in [0.2, 0.25) is 0 Å². The van der Waals surface area contributed by atoms with E-state index in [4.69, 9.17) is 0 Å². The second-order valence-electron chi connectivity index (χ2n) is 8.82. The van der Waals surface area contributed by atoms with Gasteiger partial charge in [-0.25, -0.2) is 9.07 Å². The monoisotopic (exact) mass is 413 g/mol. The zero-order valence-corrected chi connectivity index (χ0v) is 18.2. The molecule has 1 aliphatic heterocycles. The fraction of sp³-hybridized carbons (Fsp3) is 0.296. The summed E-state index contributed by atoms with van der Waals surface area (Å²) < 4.78 is 15.3. The van der Waals surface area contributed by atoms with Gasteiger partial charge in [0.1, 0.15) is 5.82 Å². The van der Waals surface area contributed by atoms with Crippen molar-refractivity contribution in [2.45, 2.75) is 32.1 Å². The first kappa shape index (κ1) is 20.0. The van der Waals surface area contributed by atoms with Crippen molar-refractivity contribution in [2.24, 2.45) is 0 Å². The summed E-state index contributed by atoms with van der Waals surface area (Å²) in [6, 6.07) is 22.0. The lowest BCUT2D eigenvalue weighted by Gasteiger charge is -2.32. The van der Waals surface area contributed by atoms with E-state index in [-0.39, 0.29) is 11.2 Å². The fourth-order valence-corrected chi connectivity index (χ4v) is 5.21. The lowest BCUT2D eigenvalue weighted by molar-refractivity contribution is 0.323. The SMILES string of the molecule is CCN1CCC(Cc2ccccc2)(c2cc3cnn(-c4ccc(F)cc4)c3cc2C)C1. The minimum absolute atomic E-state index is 0.105. The predicted octanol–water partition coefficient (Wildman–Crippen LogP) is 5.68. The summed E-state index contributed by atoms with van der Waals surface area (Å²) in [5, 5.41) is 5.76. The van der Waals surface area contributed by atoms with Crippen molar-refractivity contribution in [3.05, 3.63) is 95.4 Å². The topological polar surface area (TPSA) is 21.1 Å². The summed E-state index contributed by atoms with van der Waals surface area (Å²) in [6.45, 7) is 7.77. The molecule has 0 N–H and O–H groups in total. The molecule has 31 heavy (non-hydrogen) atoms. The third-order valence-electron chi connectivity index (χ3n) is 6.82. The van der Waals surface area contributed by atoms with Gasteiger partial charge in [0.25, 0.3) is 0 Å². The first-order valence-corrected chi connectivity index (χ1v) is 11.1. The quantitative estimate of drug-likeness (QED) is 0.420. The third kappa shape index (κ3) is 3.66. The standard InChI is InChI=1S/C27H28FN3/c1-3-30-14-13-27(19-30,17-21-7-5-4-6-8-21)25-16-22-18-29-31(26(22)15-20(25)2)24-11-9-23(28)10-12-24/h4-12,15-16,18H,3,13-14,17,19H2,1-2H3. The maximum atomic E-state index is 13.4. The Kier molecular flexibility index (Phi) is 5.11. The van der Waals surface area contributed by atoms with Crippen LogP contribution in [0.5, 0.6) is 0 Å². The number of hydrogen-bond donors (Lipinski definition) is 0. The van der Waals surface area contributed by atoms with Crippen LogP contribution < -0.4 is 0 Å². The van der Waals surface area contributed by atoms with Gasteiger partial charge >= 0.3 is 0 Å². The third-order valence-corrected chi connectivity index (χ3v) is 6.82. The minimum atomic E-state index is -0.233. The molecule has 0 aliphatic carbocycles. The molecule has 158 valence electrons. The largest absolute Gasteiger partial charge is 0.303 e. The van der Waals surface area contributed by atoms with Crippen molar-refractivity contribution < 1.29 is 4.39 Å². The van der Waals surface area contributed by atoms with Gasteiger partial charge in [-0.2, -0.15) is 5.10 Å². The average molecular weight is 414 g/mol. The van der Waals surface area contributed by atoms with Gasteiger partial charge in [-0.3, -0.25) is 0 Å². The summed E-state index contributed by atoms with van der Waals surface area (Å²) in [5.41, 5.74) is 6.16. The summed E-state index contributed by atoms with van der Waals surface area (Å²) in [6.07, 6.45) is 4.14. The number of halogens is 1. The number of nitrogens with zero attached hydrogens (tertiary/aromatic N) is 3. The molecule has 1 fully saturated rings. The smallest absolute Gasteiger partial charge is 0.123 e. The Hall–Kier alpha value is -2.98. The molecule has 0 saturated carbocycles. The van der Waals surface area contributed by atoms with Crippen LogP contribution in [-0.4, -0.2) is 34.3 Å². The first-order valence-electron chi connectivity index (χ1n) is 11.1. The van der Waals surface area contributed by atoms with E-state index in [0.29, 0.717) is 0 Å². The van der Waals surface area contributed by atoms with Crippen LogP contribution in [0, 0.1) is 12.7 Å². The molecule has 1 atom stereocenters. The lowest BCUT2D eigenvalue weighted by atomic mass is 9.73. The molecule has 4 heteroatoms.